The Bertz CT molecular complexity index is 941. The van der Waals surface area contributed by atoms with Crippen molar-refractivity contribution in [1.29, 1.82) is 0 Å². The third-order valence-electron chi connectivity index (χ3n) is 4.20. The van der Waals surface area contributed by atoms with Crippen LogP contribution in [0.3, 0.4) is 0 Å². The van der Waals surface area contributed by atoms with Gasteiger partial charge in [0.2, 0.25) is 0 Å². The number of ether oxygens (including phenoxy) is 2. The van der Waals surface area contributed by atoms with Crippen molar-refractivity contribution in [1.82, 2.24) is 10.3 Å². The quantitative estimate of drug-likeness (QED) is 0.424. The summed E-state index contributed by atoms with van der Waals surface area (Å²) in [4.78, 5) is 9.40. The van der Waals surface area contributed by atoms with E-state index in [-0.39, 0.29) is 0 Å². The topological polar surface area (TPSA) is 67.8 Å². The smallest absolute Gasteiger partial charge is 0.195 e. The maximum absolute atomic E-state index is 5.36. The molecule has 0 radical (unpaired) electrons. The van der Waals surface area contributed by atoms with Gasteiger partial charge in [-0.1, -0.05) is 30.3 Å². The summed E-state index contributed by atoms with van der Waals surface area (Å²) in [5.74, 6) is 2.08. The first-order valence-corrected chi connectivity index (χ1v) is 10.4. The number of hydrogen-bond acceptors (Lipinski definition) is 5. The lowest BCUT2D eigenvalue weighted by Crippen LogP contribution is -2.30. The van der Waals surface area contributed by atoms with Crippen molar-refractivity contribution in [3.05, 3.63) is 59.6 Å². The van der Waals surface area contributed by atoms with E-state index < -0.39 is 0 Å². The van der Waals surface area contributed by atoms with Crippen LogP contribution in [-0.4, -0.2) is 38.3 Å². The number of benzene rings is 2. The van der Waals surface area contributed by atoms with Crippen LogP contribution in [0.2, 0.25) is 0 Å². The highest BCUT2D eigenvalue weighted by Crippen LogP contribution is 2.29. The van der Waals surface area contributed by atoms with Crippen LogP contribution >= 0.6 is 11.3 Å². The molecule has 1 heterocycles. The van der Waals surface area contributed by atoms with Crippen LogP contribution < -0.4 is 20.1 Å². The molecule has 3 aromatic rings. The highest BCUT2D eigenvalue weighted by molar-refractivity contribution is 7.13. The fourth-order valence-electron chi connectivity index (χ4n) is 2.78. The largest absolute Gasteiger partial charge is 0.493 e. The van der Waals surface area contributed by atoms with E-state index in [1.807, 2.05) is 43.3 Å². The molecule has 6 nitrogen and oxygen atoms in total. The second-order valence-corrected chi connectivity index (χ2v) is 7.07. The molecule has 0 spiro atoms. The molecule has 1 aromatic heterocycles. The maximum Gasteiger partial charge on any atom is 0.195 e. The molecule has 7 heteroatoms. The van der Waals surface area contributed by atoms with Crippen molar-refractivity contribution in [2.24, 2.45) is 4.99 Å². The van der Waals surface area contributed by atoms with Crippen LogP contribution in [0.5, 0.6) is 11.5 Å². The van der Waals surface area contributed by atoms with Gasteiger partial charge in [-0.25, -0.2) is 4.98 Å². The average Bonchev–Trinajstić information content (AvgIpc) is 3.23. The number of aliphatic imine (C=N–C) groups is 1. The Labute approximate surface area is 175 Å². The van der Waals surface area contributed by atoms with Gasteiger partial charge in [-0.2, -0.15) is 0 Å². The van der Waals surface area contributed by atoms with Crippen molar-refractivity contribution < 1.29 is 9.47 Å². The summed E-state index contributed by atoms with van der Waals surface area (Å²) in [5.41, 5.74) is 3.08. The lowest BCUT2D eigenvalue weighted by Gasteiger charge is -2.13. The number of guanidine groups is 1. The van der Waals surface area contributed by atoms with E-state index in [4.69, 9.17) is 14.5 Å². The Hall–Kier alpha value is -3.06. The Balaban J connectivity index is 1.63. The third kappa shape index (κ3) is 5.71. The van der Waals surface area contributed by atoms with Gasteiger partial charge in [0, 0.05) is 42.2 Å². The predicted octanol–water partition coefficient (Wildman–Crippen LogP) is 4.45. The van der Waals surface area contributed by atoms with Gasteiger partial charge in [0.1, 0.15) is 5.01 Å². The Morgan fingerprint density at radius 1 is 1.07 bits per heavy atom. The molecule has 0 bridgehead atoms. The first-order valence-electron chi connectivity index (χ1n) is 9.50. The maximum atomic E-state index is 5.36. The Kier molecular flexibility index (Phi) is 7.47. The Morgan fingerprint density at radius 2 is 1.86 bits per heavy atom. The molecule has 29 heavy (non-hydrogen) atoms. The zero-order valence-electron chi connectivity index (χ0n) is 16.9. The first-order chi connectivity index (χ1) is 14.2. The lowest BCUT2D eigenvalue weighted by molar-refractivity contribution is 0.355. The Morgan fingerprint density at radius 3 is 2.59 bits per heavy atom. The first kappa shape index (κ1) is 20.7. The molecule has 2 N–H and O–H groups in total. The molecule has 0 saturated heterocycles. The number of nitrogens with zero attached hydrogens (tertiary/aromatic N) is 2. The average molecular weight is 411 g/mol. The lowest BCUT2D eigenvalue weighted by atomic mass is 10.2. The van der Waals surface area contributed by atoms with Gasteiger partial charge in [0.25, 0.3) is 0 Å². The molecule has 0 fully saturated rings. The van der Waals surface area contributed by atoms with E-state index in [2.05, 4.69) is 33.1 Å². The molecule has 152 valence electrons. The van der Waals surface area contributed by atoms with Gasteiger partial charge >= 0.3 is 0 Å². The van der Waals surface area contributed by atoms with Crippen LogP contribution in [0.4, 0.5) is 5.69 Å². The van der Waals surface area contributed by atoms with Crippen molar-refractivity contribution in [3.8, 4) is 22.1 Å². The number of hydrogen-bond donors (Lipinski definition) is 2. The van der Waals surface area contributed by atoms with Crippen LogP contribution in [-0.2, 0) is 6.42 Å². The number of anilines is 1. The normalized spacial score (nSPS) is 11.2. The highest BCUT2D eigenvalue weighted by Gasteiger charge is 2.07. The molecular weight excluding hydrogens is 384 g/mol. The van der Waals surface area contributed by atoms with Crippen LogP contribution in [0.1, 0.15) is 12.6 Å². The summed E-state index contributed by atoms with van der Waals surface area (Å²) in [5, 5.41) is 9.72. The number of methoxy groups -OCH3 is 2. The fraction of sp³-hybridized carbons (Fsp3) is 0.273. The van der Waals surface area contributed by atoms with Gasteiger partial charge in [0.15, 0.2) is 17.5 Å². The van der Waals surface area contributed by atoms with Gasteiger partial charge < -0.3 is 20.1 Å². The molecule has 0 saturated carbocycles. The van der Waals surface area contributed by atoms with Gasteiger partial charge in [-0.15, -0.1) is 11.3 Å². The van der Waals surface area contributed by atoms with Crippen molar-refractivity contribution >= 4 is 23.0 Å². The summed E-state index contributed by atoms with van der Waals surface area (Å²) in [7, 11) is 3.25. The van der Waals surface area contributed by atoms with Crippen LogP contribution in [0.15, 0.2) is 58.9 Å². The minimum Gasteiger partial charge on any atom is -0.493 e. The summed E-state index contributed by atoms with van der Waals surface area (Å²) in [6.45, 7) is 3.45. The molecule has 0 unspecified atom stereocenters. The number of aromatic nitrogens is 1. The van der Waals surface area contributed by atoms with Crippen molar-refractivity contribution in [2.45, 2.75) is 13.3 Å². The second-order valence-electron chi connectivity index (χ2n) is 6.22. The molecule has 2 aromatic carbocycles. The van der Waals surface area contributed by atoms with Gasteiger partial charge in [0.05, 0.1) is 19.9 Å². The van der Waals surface area contributed by atoms with Crippen LogP contribution in [0.25, 0.3) is 10.6 Å². The fourth-order valence-corrected chi connectivity index (χ4v) is 3.64. The molecule has 0 aliphatic heterocycles. The van der Waals surface area contributed by atoms with Crippen LogP contribution in [0, 0.1) is 0 Å². The number of thiazole rings is 1. The van der Waals surface area contributed by atoms with E-state index in [1.54, 1.807) is 25.6 Å². The molecular formula is C22H26N4O2S. The summed E-state index contributed by atoms with van der Waals surface area (Å²) < 4.78 is 10.7. The van der Waals surface area contributed by atoms with E-state index in [9.17, 15) is 0 Å². The molecule has 3 rings (SSSR count). The SMILES string of the molecule is CCNC(=NCCc1csc(-c2ccccc2)n1)Nc1ccc(OC)c(OC)c1. The molecule has 0 atom stereocenters. The molecule has 0 amide bonds. The zero-order chi connectivity index (χ0) is 20.5. The van der Waals surface area contributed by atoms with E-state index >= 15 is 0 Å². The monoisotopic (exact) mass is 410 g/mol. The van der Waals surface area contributed by atoms with E-state index in [0.29, 0.717) is 18.0 Å². The molecule has 0 aliphatic rings. The summed E-state index contributed by atoms with van der Waals surface area (Å²) >= 11 is 1.67. The number of rotatable bonds is 8. The van der Waals surface area contributed by atoms with Crippen molar-refractivity contribution in [2.75, 3.05) is 32.6 Å². The zero-order valence-corrected chi connectivity index (χ0v) is 17.8. The van der Waals surface area contributed by atoms with Gasteiger partial charge in [-0.05, 0) is 19.1 Å². The third-order valence-corrected chi connectivity index (χ3v) is 5.14. The number of nitrogens with one attached hydrogen (secondary N) is 2. The van der Waals surface area contributed by atoms with E-state index in [1.165, 1.54) is 0 Å². The summed E-state index contributed by atoms with van der Waals surface area (Å²) in [6, 6.07) is 15.9. The standard InChI is InChI=1S/C22H26N4O2S/c1-4-23-22(26-17-10-11-19(27-2)20(14-17)28-3)24-13-12-18-15-29-21(25-18)16-8-6-5-7-9-16/h5-11,14-15H,4,12-13H2,1-3H3,(H2,23,24,26). The minimum atomic E-state index is 0.639. The van der Waals surface area contributed by atoms with Gasteiger partial charge in [-0.3, -0.25) is 4.99 Å². The van der Waals surface area contributed by atoms with E-state index in [0.717, 1.165) is 40.9 Å². The highest BCUT2D eigenvalue weighted by atomic mass is 32.1. The summed E-state index contributed by atoms with van der Waals surface area (Å²) in [6.07, 6.45) is 0.784. The second kappa shape index (κ2) is 10.5. The predicted molar refractivity (Wildman–Crippen MR) is 120 cm³/mol. The van der Waals surface area contributed by atoms with Crippen molar-refractivity contribution in [3.63, 3.8) is 0 Å². The minimum absolute atomic E-state index is 0.639. The molecule has 0 aliphatic carbocycles.